The maximum absolute atomic E-state index is 10.7. The van der Waals surface area contributed by atoms with E-state index in [0.29, 0.717) is 21.5 Å². The number of aliphatic hydroxyl groups excluding tert-OH is 1. The van der Waals surface area contributed by atoms with Gasteiger partial charge in [-0.15, -0.1) is 0 Å². The van der Waals surface area contributed by atoms with Crippen molar-refractivity contribution < 1.29 is 14.6 Å². The van der Waals surface area contributed by atoms with Gasteiger partial charge in [0.1, 0.15) is 22.1 Å². The van der Waals surface area contributed by atoms with Gasteiger partial charge >= 0.3 is 0 Å². The Bertz CT molecular complexity index is 662. The predicted octanol–water partition coefficient (Wildman–Crippen LogP) is 4.92. The van der Waals surface area contributed by atoms with E-state index in [9.17, 15) is 5.11 Å². The summed E-state index contributed by atoms with van der Waals surface area (Å²) in [5.74, 6) is 1.22. The second kappa shape index (κ2) is 7.30. The number of methoxy groups -OCH3 is 2. The molecule has 1 unspecified atom stereocenters. The number of aliphatic hydroxyl groups is 1. The first-order valence-corrected chi connectivity index (χ1v) is 8.69. The lowest BCUT2D eigenvalue weighted by molar-refractivity contribution is 0.213. The van der Waals surface area contributed by atoms with Crippen LogP contribution in [-0.4, -0.2) is 19.3 Å². The molecule has 0 heterocycles. The number of benzene rings is 2. The van der Waals surface area contributed by atoms with E-state index in [1.165, 1.54) is 0 Å². The van der Waals surface area contributed by atoms with Gasteiger partial charge in [-0.05, 0) is 68.9 Å². The van der Waals surface area contributed by atoms with Gasteiger partial charge in [-0.2, -0.15) is 0 Å². The van der Waals surface area contributed by atoms with Crippen LogP contribution < -0.4 is 9.47 Å². The van der Waals surface area contributed by atoms with Crippen LogP contribution in [0.1, 0.15) is 17.2 Å². The van der Waals surface area contributed by atoms with E-state index in [4.69, 9.17) is 9.47 Å². The van der Waals surface area contributed by atoms with Gasteiger partial charge in [0.25, 0.3) is 0 Å². The molecule has 0 saturated heterocycles. The van der Waals surface area contributed by atoms with Crippen LogP contribution in [0, 0.1) is 3.57 Å². The Kier molecular flexibility index (Phi) is 5.93. The summed E-state index contributed by atoms with van der Waals surface area (Å²) in [5, 5.41) is 10.7. The van der Waals surface area contributed by atoms with Crippen molar-refractivity contribution in [3.63, 3.8) is 0 Å². The third-order valence-electron chi connectivity index (χ3n) is 3.06. The topological polar surface area (TPSA) is 38.7 Å². The number of halogens is 3. The summed E-state index contributed by atoms with van der Waals surface area (Å²) < 4.78 is 13.3. The summed E-state index contributed by atoms with van der Waals surface area (Å²) in [6.07, 6.45) is -0.800. The fourth-order valence-electron chi connectivity index (χ4n) is 2.03. The summed E-state index contributed by atoms with van der Waals surface area (Å²) in [6, 6.07) is 9.44. The van der Waals surface area contributed by atoms with Crippen molar-refractivity contribution in [1.82, 2.24) is 0 Å². The zero-order chi connectivity index (χ0) is 15.6. The van der Waals surface area contributed by atoms with Crippen molar-refractivity contribution >= 4 is 54.5 Å². The van der Waals surface area contributed by atoms with E-state index < -0.39 is 6.10 Å². The van der Waals surface area contributed by atoms with Crippen molar-refractivity contribution in [2.75, 3.05) is 14.2 Å². The van der Waals surface area contributed by atoms with Crippen LogP contribution in [0.2, 0.25) is 0 Å². The molecule has 2 aromatic carbocycles. The quantitative estimate of drug-likeness (QED) is 0.574. The van der Waals surface area contributed by atoms with Gasteiger partial charge in [0.2, 0.25) is 0 Å². The second-order valence-corrected chi connectivity index (χ2v) is 7.17. The number of ether oxygens (including phenoxy) is 2. The van der Waals surface area contributed by atoms with Crippen molar-refractivity contribution in [3.8, 4) is 11.5 Å². The maximum Gasteiger partial charge on any atom is 0.142 e. The van der Waals surface area contributed by atoms with E-state index in [2.05, 4.69) is 54.5 Å². The molecule has 0 aliphatic heterocycles. The molecule has 0 aliphatic carbocycles. The molecule has 0 spiro atoms. The number of hydrogen-bond donors (Lipinski definition) is 1. The smallest absolute Gasteiger partial charge is 0.142 e. The van der Waals surface area contributed by atoms with Crippen molar-refractivity contribution in [1.29, 1.82) is 0 Å². The molecule has 6 heteroatoms. The third-order valence-corrected chi connectivity index (χ3v) is 5.21. The minimum Gasteiger partial charge on any atom is -0.495 e. The summed E-state index contributed by atoms with van der Waals surface area (Å²) in [4.78, 5) is 0. The largest absolute Gasteiger partial charge is 0.495 e. The molecule has 3 nitrogen and oxygen atoms in total. The molecule has 2 rings (SSSR count). The highest BCUT2D eigenvalue weighted by molar-refractivity contribution is 14.1. The summed E-state index contributed by atoms with van der Waals surface area (Å²) in [5.41, 5.74) is 1.46. The lowest BCUT2D eigenvalue weighted by atomic mass is 10.0. The van der Waals surface area contributed by atoms with Gasteiger partial charge in [-0.3, -0.25) is 0 Å². The molecular weight excluding hydrogens is 515 g/mol. The van der Waals surface area contributed by atoms with Gasteiger partial charge in [0.15, 0.2) is 0 Å². The lowest BCUT2D eigenvalue weighted by Crippen LogP contribution is -2.05. The Morgan fingerprint density at radius 1 is 1.05 bits per heavy atom. The molecule has 1 N–H and O–H groups in total. The minimum absolute atomic E-state index is 0.563. The van der Waals surface area contributed by atoms with Crippen LogP contribution >= 0.6 is 54.5 Å². The standard InChI is InChI=1S/C15H13Br2IO3/c1-20-12-6-4-9(15(21-2)13(12)17)14(19)10-7-8(18)3-5-11(10)16/h3-7,14,19H,1-2H3. The first-order valence-electron chi connectivity index (χ1n) is 6.03. The number of rotatable bonds is 4. The monoisotopic (exact) mass is 526 g/mol. The Labute approximate surface area is 154 Å². The SMILES string of the molecule is COc1ccc(C(O)c2cc(I)ccc2Br)c(OC)c1Br. The summed E-state index contributed by atoms with van der Waals surface area (Å²) in [6.45, 7) is 0. The van der Waals surface area contributed by atoms with Crippen molar-refractivity contribution in [3.05, 3.63) is 54.0 Å². The highest BCUT2D eigenvalue weighted by atomic mass is 127. The van der Waals surface area contributed by atoms with Crippen LogP contribution in [0.5, 0.6) is 11.5 Å². The number of hydrogen-bond acceptors (Lipinski definition) is 3. The maximum atomic E-state index is 10.7. The van der Waals surface area contributed by atoms with Crippen molar-refractivity contribution in [2.24, 2.45) is 0 Å². The van der Waals surface area contributed by atoms with Gasteiger partial charge in [0, 0.05) is 19.2 Å². The van der Waals surface area contributed by atoms with Crippen LogP contribution in [0.3, 0.4) is 0 Å². The van der Waals surface area contributed by atoms with Crippen LogP contribution in [0.15, 0.2) is 39.3 Å². The van der Waals surface area contributed by atoms with Crippen LogP contribution in [-0.2, 0) is 0 Å². The van der Waals surface area contributed by atoms with Gasteiger partial charge < -0.3 is 14.6 Å². The highest BCUT2D eigenvalue weighted by Gasteiger charge is 2.21. The predicted molar refractivity (Wildman–Crippen MR) is 98.2 cm³/mol. The first kappa shape index (κ1) is 17.1. The Morgan fingerprint density at radius 2 is 1.76 bits per heavy atom. The molecule has 0 radical (unpaired) electrons. The van der Waals surface area contributed by atoms with Gasteiger partial charge in [0.05, 0.1) is 14.2 Å². The first-order chi connectivity index (χ1) is 9.99. The average Bonchev–Trinajstić information content (AvgIpc) is 2.48. The average molecular weight is 528 g/mol. The fraction of sp³-hybridized carbons (Fsp3) is 0.200. The van der Waals surface area contributed by atoms with E-state index in [1.807, 2.05) is 18.2 Å². The fourth-order valence-corrected chi connectivity index (χ4v) is 3.69. The van der Waals surface area contributed by atoms with E-state index in [0.717, 1.165) is 13.6 Å². The zero-order valence-electron chi connectivity index (χ0n) is 11.4. The molecule has 0 fully saturated rings. The van der Waals surface area contributed by atoms with Gasteiger partial charge in [-0.25, -0.2) is 0 Å². The Balaban J connectivity index is 2.55. The van der Waals surface area contributed by atoms with Crippen LogP contribution in [0.25, 0.3) is 0 Å². The molecule has 21 heavy (non-hydrogen) atoms. The highest BCUT2D eigenvalue weighted by Crippen LogP contribution is 2.42. The molecule has 0 aromatic heterocycles. The minimum atomic E-state index is -0.800. The molecular formula is C15H13Br2IO3. The van der Waals surface area contributed by atoms with Crippen molar-refractivity contribution in [2.45, 2.75) is 6.10 Å². The molecule has 2 aromatic rings. The molecule has 0 bridgehead atoms. The molecule has 0 aliphatic rings. The van der Waals surface area contributed by atoms with E-state index in [1.54, 1.807) is 26.4 Å². The van der Waals surface area contributed by atoms with E-state index in [-0.39, 0.29) is 0 Å². The molecule has 0 saturated carbocycles. The van der Waals surface area contributed by atoms with Gasteiger partial charge in [-0.1, -0.05) is 15.9 Å². The Hall–Kier alpha value is -0.310. The van der Waals surface area contributed by atoms with E-state index >= 15 is 0 Å². The summed E-state index contributed by atoms with van der Waals surface area (Å²) >= 11 is 9.15. The normalized spacial score (nSPS) is 12.1. The lowest BCUT2D eigenvalue weighted by Gasteiger charge is -2.19. The van der Waals surface area contributed by atoms with Crippen LogP contribution in [0.4, 0.5) is 0 Å². The third kappa shape index (κ3) is 3.55. The molecule has 112 valence electrons. The Morgan fingerprint density at radius 3 is 2.38 bits per heavy atom. The summed E-state index contributed by atoms with van der Waals surface area (Å²) in [7, 11) is 3.16. The molecule has 1 atom stereocenters. The molecule has 0 amide bonds. The second-order valence-electron chi connectivity index (χ2n) is 4.27. The zero-order valence-corrected chi connectivity index (χ0v) is 16.7.